The molecule has 1 aliphatic rings. The fourth-order valence-electron chi connectivity index (χ4n) is 1.83. The van der Waals surface area contributed by atoms with Gasteiger partial charge in [-0.25, -0.2) is 4.98 Å². The molecule has 88 valence electrons. The van der Waals surface area contributed by atoms with Gasteiger partial charge in [0.2, 0.25) is 5.91 Å². The van der Waals surface area contributed by atoms with Gasteiger partial charge in [-0.05, 0) is 0 Å². The zero-order chi connectivity index (χ0) is 11.4. The normalized spacial score (nSPS) is 17.7. The largest absolute Gasteiger partial charge is 0.339 e. The van der Waals surface area contributed by atoms with Crippen molar-refractivity contribution < 1.29 is 4.79 Å². The summed E-state index contributed by atoms with van der Waals surface area (Å²) in [5.41, 5.74) is 8.30. The quantitative estimate of drug-likeness (QED) is 0.791. The van der Waals surface area contributed by atoms with Crippen molar-refractivity contribution in [2.45, 2.75) is 6.54 Å². The molecular weight excluding hydrogens is 224 g/mol. The number of aromatic nitrogens is 1. The lowest BCUT2D eigenvalue weighted by atomic mass is 10.3. The predicted molar refractivity (Wildman–Crippen MR) is 63.0 cm³/mol. The van der Waals surface area contributed by atoms with E-state index in [1.165, 1.54) is 0 Å². The first kappa shape index (κ1) is 11.5. The molecule has 16 heavy (non-hydrogen) atoms. The van der Waals surface area contributed by atoms with Gasteiger partial charge in [0, 0.05) is 38.1 Å². The fourth-order valence-corrected chi connectivity index (χ4v) is 2.38. The highest BCUT2D eigenvalue weighted by Gasteiger charge is 2.20. The summed E-state index contributed by atoms with van der Waals surface area (Å²) in [7, 11) is 0. The predicted octanol–water partition coefficient (Wildman–Crippen LogP) is -0.254. The van der Waals surface area contributed by atoms with Crippen molar-refractivity contribution in [2.24, 2.45) is 5.73 Å². The van der Waals surface area contributed by atoms with E-state index in [4.69, 9.17) is 5.73 Å². The van der Waals surface area contributed by atoms with E-state index in [2.05, 4.69) is 15.3 Å². The van der Waals surface area contributed by atoms with Crippen LogP contribution in [-0.4, -0.2) is 53.4 Å². The van der Waals surface area contributed by atoms with E-state index < -0.39 is 0 Å². The molecule has 0 aliphatic carbocycles. The summed E-state index contributed by atoms with van der Waals surface area (Å²) in [6.07, 6.45) is 0. The summed E-state index contributed by atoms with van der Waals surface area (Å²) >= 11 is 1.62. The molecule has 2 rings (SSSR count). The van der Waals surface area contributed by atoms with Gasteiger partial charge in [-0.1, -0.05) is 0 Å². The molecule has 0 saturated carbocycles. The highest BCUT2D eigenvalue weighted by Crippen LogP contribution is 2.08. The second-order valence-corrected chi connectivity index (χ2v) is 4.56. The molecule has 0 unspecified atom stereocenters. The minimum absolute atomic E-state index is 0.0494. The first-order valence-electron chi connectivity index (χ1n) is 5.37. The molecule has 6 heteroatoms. The summed E-state index contributed by atoms with van der Waals surface area (Å²) in [6, 6.07) is 0. The van der Waals surface area contributed by atoms with Crippen LogP contribution in [0.4, 0.5) is 0 Å². The molecule has 0 bridgehead atoms. The average molecular weight is 240 g/mol. The molecule has 1 aromatic heterocycles. The molecule has 2 N–H and O–H groups in total. The summed E-state index contributed by atoms with van der Waals surface area (Å²) in [6.45, 7) is 4.37. The van der Waals surface area contributed by atoms with Crippen LogP contribution in [0.5, 0.6) is 0 Å². The number of carbonyl (C=O) groups excluding carboxylic acids is 1. The third kappa shape index (κ3) is 2.78. The van der Waals surface area contributed by atoms with Crippen LogP contribution in [0.25, 0.3) is 0 Å². The SMILES string of the molecule is NCC(=O)N1CCN(Cc2cscn2)CC1. The Kier molecular flexibility index (Phi) is 3.87. The van der Waals surface area contributed by atoms with Crippen molar-refractivity contribution in [1.82, 2.24) is 14.8 Å². The van der Waals surface area contributed by atoms with Gasteiger partial charge in [0.25, 0.3) is 0 Å². The minimum Gasteiger partial charge on any atom is -0.339 e. The Bertz CT molecular complexity index is 333. The van der Waals surface area contributed by atoms with Crippen molar-refractivity contribution in [1.29, 1.82) is 0 Å². The zero-order valence-electron chi connectivity index (χ0n) is 9.13. The number of piperazine rings is 1. The van der Waals surface area contributed by atoms with Crippen molar-refractivity contribution in [3.63, 3.8) is 0 Å². The molecule has 5 nitrogen and oxygen atoms in total. The lowest BCUT2D eigenvalue weighted by Gasteiger charge is -2.34. The average Bonchev–Trinajstić information content (AvgIpc) is 2.82. The standard InChI is InChI=1S/C10H16N4OS/c11-5-10(15)14-3-1-13(2-4-14)6-9-7-16-8-12-9/h7-8H,1-6,11H2. The number of rotatable bonds is 3. The Morgan fingerprint density at radius 1 is 1.44 bits per heavy atom. The Balaban J connectivity index is 1.79. The van der Waals surface area contributed by atoms with Crippen LogP contribution in [0.1, 0.15) is 5.69 Å². The molecule has 0 atom stereocenters. The van der Waals surface area contributed by atoms with E-state index in [0.29, 0.717) is 0 Å². The van der Waals surface area contributed by atoms with Gasteiger partial charge in [-0.15, -0.1) is 11.3 Å². The van der Waals surface area contributed by atoms with Gasteiger partial charge >= 0.3 is 0 Å². The highest BCUT2D eigenvalue weighted by molar-refractivity contribution is 7.07. The molecule has 1 aliphatic heterocycles. The van der Waals surface area contributed by atoms with Gasteiger partial charge in [0.05, 0.1) is 17.7 Å². The number of thiazole rings is 1. The zero-order valence-corrected chi connectivity index (χ0v) is 9.95. The van der Waals surface area contributed by atoms with Gasteiger partial charge in [0.15, 0.2) is 0 Å². The molecule has 1 saturated heterocycles. The lowest BCUT2D eigenvalue weighted by Crippen LogP contribution is -2.49. The smallest absolute Gasteiger partial charge is 0.236 e. The van der Waals surface area contributed by atoms with Crippen LogP contribution < -0.4 is 5.73 Å². The van der Waals surface area contributed by atoms with Crippen molar-refractivity contribution >= 4 is 17.2 Å². The van der Waals surface area contributed by atoms with E-state index in [-0.39, 0.29) is 12.5 Å². The minimum atomic E-state index is 0.0494. The summed E-state index contributed by atoms with van der Waals surface area (Å²) < 4.78 is 0. The number of nitrogens with zero attached hydrogens (tertiary/aromatic N) is 3. The first-order chi connectivity index (χ1) is 7.79. The molecule has 0 aromatic carbocycles. The number of carbonyl (C=O) groups is 1. The number of nitrogens with two attached hydrogens (primary N) is 1. The van der Waals surface area contributed by atoms with Gasteiger partial charge < -0.3 is 10.6 Å². The fraction of sp³-hybridized carbons (Fsp3) is 0.600. The van der Waals surface area contributed by atoms with E-state index in [0.717, 1.165) is 38.4 Å². The molecule has 2 heterocycles. The van der Waals surface area contributed by atoms with Crippen LogP contribution in [0, 0.1) is 0 Å². The van der Waals surface area contributed by atoms with E-state index in [1.54, 1.807) is 11.3 Å². The van der Waals surface area contributed by atoms with Crippen LogP contribution >= 0.6 is 11.3 Å². The second kappa shape index (κ2) is 5.38. The van der Waals surface area contributed by atoms with Crippen LogP contribution in [-0.2, 0) is 11.3 Å². The monoisotopic (exact) mass is 240 g/mol. The molecule has 1 amide bonds. The van der Waals surface area contributed by atoms with E-state index in [1.807, 2.05) is 10.4 Å². The third-order valence-electron chi connectivity index (χ3n) is 2.77. The number of amides is 1. The Labute approximate surface area is 98.9 Å². The molecule has 1 aromatic rings. The maximum absolute atomic E-state index is 11.4. The highest BCUT2D eigenvalue weighted by atomic mass is 32.1. The maximum Gasteiger partial charge on any atom is 0.236 e. The Morgan fingerprint density at radius 2 is 2.19 bits per heavy atom. The maximum atomic E-state index is 11.4. The second-order valence-electron chi connectivity index (χ2n) is 3.84. The Hall–Kier alpha value is -0.980. The molecule has 1 fully saturated rings. The topological polar surface area (TPSA) is 62.5 Å². The molecule has 0 spiro atoms. The van der Waals surface area contributed by atoms with Crippen molar-refractivity contribution in [3.8, 4) is 0 Å². The van der Waals surface area contributed by atoms with E-state index in [9.17, 15) is 4.79 Å². The molecule has 0 radical (unpaired) electrons. The first-order valence-corrected chi connectivity index (χ1v) is 6.31. The molecular formula is C10H16N4OS. The van der Waals surface area contributed by atoms with Crippen LogP contribution in [0.15, 0.2) is 10.9 Å². The van der Waals surface area contributed by atoms with Crippen LogP contribution in [0.3, 0.4) is 0 Å². The summed E-state index contributed by atoms with van der Waals surface area (Å²) in [5, 5.41) is 2.07. The van der Waals surface area contributed by atoms with E-state index >= 15 is 0 Å². The lowest BCUT2D eigenvalue weighted by molar-refractivity contribution is -0.131. The Morgan fingerprint density at radius 3 is 2.75 bits per heavy atom. The number of hydrogen-bond donors (Lipinski definition) is 1. The van der Waals surface area contributed by atoms with Crippen molar-refractivity contribution in [3.05, 3.63) is 16.6 Å². The van der Waals surface area contributed by atoms with Crippen molar-refractivity contribution in [2.75, 3.05) is 32.7 Å². The summed E-state index contributed by atoms with van der Waals surface area (Å²) in [4.78, 5) is 19.8. The van der Waals surface area contributed by atoms with Crippen LogP contribution in [0.2, 0.25) is 0 Å². The third-order valence-corrected chi connectivity index (χ3v) is 3.40. The number of hydrogen-bond acceptors (Lipinski definition) is 5. The van der Waals surface area contributed by atoms with Gasteiger partial charge in [0.1, 0.15) is 0 Å². The van der Waals surface area contributed by atoms with Gasteiger partial charge in [-0.2, -0.15) is 0 Å². The van der Waals surface area contributed by atoms with Gasteiger partial charge in [-0.3, -0.25) is 9.69 Å². The summed E-state index contributed by atoms with van der Waals surface area (Å²) in [5.74, 6) is 0.0494.